The molecule has 1 saturated heterocycles. The van der Waals surface area contributed by atoms with Gasteiger partial charge in [-0.05, 0) is 48.7 Å². The lowest BCUT2D eigenvalue weighted by Crippen LogP contribution is -2.41. The molecule has 2 heterocycles. The summed E-state index contributed by atoms with van der Waals surface area (Å²) in [5.74, 6) is 0.494. The Bertz CT molecular complexity index is 1080. The molecule has 0 unspecified atom stereocenters. The van der Waals surface area contributed by atoms with Gasteiger partial charge in [-0.3, -0.25) is 4.79 Å². The number of carbonyl (C=O) groups is 1. The number of benzene rings is 2. The van der Waals surface area contributed by atoms with Crippen LogP contribution in [0.2, 0.25) is 5.02 Å². The first-order chi connectivity index (χ1) is 15.0. The first-order valence-electron chi connectivity index (χ1n) is 10.0. The summed E-state index contributed by atoms with van der Waals surface area (Å²) in [6.45, 7) is 1.28. The van der Waals surface area contributed by atoms with Gasteiger partial charge in [0.2, 0.25) is 11.9 Å². The smallest absolute Gasteiger partial charge is 0.229 e. The van der Waals surface area contributed by atoms with E-state index in [1.165, 1.54) is 12.1 Å². The van der Waals surface area contributed by atoms with E-state index in [0.29, 0.717) is 29.0 Å². The van der Waals surface area contributed by atoms with E-state index in [2.05, 4.69) is 15.3 Å². The molecule has 1 amide bonds. The van der Waals surface area contributed by atoms with Crippen LogP contribution < -0.4 is 15.0 Å². The average molecular weight is 441 g/mol. The summed E-state index contributed by atoms with van der Waals surface area (Å²) in [6, 6.07) is 11.4. The molecule has 1 atom stereocenters. The Hall–Kier alpha value is -3.19. The second-order valence-electron chi connectivity index (χ2n) is 7.40. The zero-order valence-electron chi connectivity index (χ0n) is 17.0. The van der Waals surface area contributed by atoms with Gasteiger partial charge in [-0.25, -0.2) is 14.4 Å². The first kappa shape index (κ1) is 21.1. The van der Waals surface area contributed by atoms with Crippen molar-refractivity contribution in [2.45, 2.75) is 12.8 Å². The van der Waals surface area contributed by atoms with E-state index >= 15 is 0 Å². The average Bonchev–Trinajstić information content (AvgIpc) is 2.79. The minimum atomic E-state index is -0.303. The molecule has 3 aromatic rings. The van der Waals surface area contributed by atoms with Crippen LogP contribution in [0.4, 0.5) is 16.0 Å². The second kappa shape index (κ2) is 9.31. The molecule has 6 nitrogen and oxygen atoms in total. The summed E-state index contributed by atoms with van der Waals surface area (Å²) < 4.78 is 18.8. The maximum absolute atomic E-state index is 13.5. The molecular weight excluding hydrogens is 419 g/mol. The Morgan fingerprint density at radius 3 is 2.74 bits per heavy atom. The monoisotopic (exact) mass is 440 g/mol. The van der Waals surface area contributed by atoms with Crippen LogP contribution in [0.5, 0.6) is 5.75 Å². The van der Waals surface area contributed by atoms with E-state index in [1.54, 1.807) is 43.8 Å². The first-order valence-corrected chi connectivity index (χ1v) is 10.4. The van der Waals surface area contributed by atoms with Gasteiger partial charge in [-0.2, -0.15) is 0 Å². The molecule has 4 rings (SSSR count). The Labute approximate surface area is 185 Å². The molecule has 8 heteroatoms. The van der Waals surface area contributed by atoms with Crippen molar-refractivity contribution in [1.29, 1.82) is 0 Å². The number of nitrogens with zero attached hydrogens (tertiary/aromatic N) is 3. The molecule has 0 spiro atoms. The number of piperidine rings is 1. The number of hydrogen-bond acceptors (Lipinski definition) is 5. The molecule has 1 aliphatic heterocycles. The Morgan fingerprint density at radius 2 is 2.00 bits per heavy atom. The van der Waals surface area contributed by atoms with E-state index in [1.807, 2.05) is 11.0 Å². The number of anilines is 2. The minimum Gasteiger partial charge on any atom is -0.495 e. The highest BCUT2D eigenvalue weighted by Crippen LogP contribution is 2.29. The fourth-order valence-electron chi connectivity index (χ4n) is 3.69. The highest BCUT2D eigenvalue weighted by atomic mass is 35.5. The lowest BCUT2D eigenvalue weighted by Gasteiger charge is -2.32. The lowest BCUT2D eigenvalue weighted by atomic mass is 9.97. The summed E-state index contributed by atoms with van der Waals surface area (Å²) in [7, 11) is 1.55. The molecule has 1 fully saturated rings. The standard InChI is InChI=1S/C23H22ClFN4O2/c1-31-21-8-7-18(24)11-20(21)28-22(30)16-5-3-9-29(14-16)23-26-12-17(13-27-23)15-4-2-6-19(25)10-15/h2,4,6-8,10-13,16H,3,5,9,14H2,1H3,(H,28,30)/t16-/m0/s1. The van der Waals surface area contributed by atoms with Crippen molar-refractivity contribution < 1.29 is 13.9 Å². The minimum absolute atomic E-state index is 0.0957. The van der Waals surface area contributed by atoms with Gasteiger partial charge in [-0.1, -0.05) is 23.7 Å². The molecular formula is C23H22ClFN4O2. The molecule has 0 aliphatic carbocycles. The van der Waals surface area contributed by atoms with Gasteiger partial charge in [0, 0.05) is 36.1 Å². The molecule has 0 radical (unpaired) electrons. The van der Waals surface area contributed by atoms with Crippen molar-refractivity contribution in [3.8, 4) is 16.9 Å². The van der Waals surface area contributed by atoms with Crippen LogP contribution in [0.25, 0.3) is 11.1 Å². The summed E-state index contributed by atoms with van der Waals surface area (Å²) in [5, 5.41) is 3.45. The summed E-state index contributed by atoms with van der Waals surface area (Å²) in [5.41, 5.74) is 2.01. The molecule has 1 N–H and O–H groups in total. The second-order valence-corrected chi connectivity index (χ2v) is 7.84. The van der Waals surface area contributed by atoms with Gasteiger partial charge in [0.1, 0.15) is 11.6 Å². The quantitative estimate of drug-likeness (QED) is 0.617. The number of nitrogens with one attached hydrogen (secondary N) is 1. The van der Waals surface area contributed by atoms with Crippen molar-refractivity contribution in [3.63, 3.8) is 0 Å². The Balaban J connectivity index is 1.45. The number of aromatic nitrogens is 2. The largest absolute Gasteiger partial charge is 0.495 e. The van der Waals surface area contributed by atoms with E-state index in [9.17, 15) is 9.18 Å². The molecule has 31 heavy (non-hydrogen) atoms. The molecule has 0 bridgehead atoms. The summed E-state index contributed by atoms with van der Waals surface area (Å²) in [6.07, 6.45) is 4.97. The van der Waals surface area contributed by atoms with Gasteiger partial charge in [0.05, 0.1) is 18.7 Å². The van der Waals surface area contributed by atoms with Crippen molar-refractivity contribution in [3.05, 3.63) is 65.7 Å². The maximum atomic E-state index is 13.5. The van der Waals surface area contributed by atoms with Crippen LogP contribution in [0.3, 0.4) is 0 Å². The fraction of sp³-hybridized carbons (Fsp3) is 0.261. The van der Waals surface area contributed by atoms with E-state index in [4.69, 9.17) is 16.3 Å². The third-order valence-electron chi connectivity index (χ3n) is 5.29. The van der Waals surface area contributed by atoms with Crippen LogP contribution in [-0.2, 0) is 4.79 Å². The van der Waals surface area contributed by atoms with Crippen LogP contribution in [-0.4, -0.2) is 36.1 Å². The SMILES string of the molecule is COc1ccc(Cl)cc1NC(=O)[C@H]1CCCN(c2ncc(-c3cccc(F)c3)cn2)C1. The molecule has 160 valence electrons. The van der Waals surface area contributed by atoms with Crippen molar-refractivity contribution in [2.24, 2.45) is 5.92 Å². The molecule has 2 aromatic carbocycles. The summed E-state index contributed by atoms with van der Waals surface area (Å²) in [4.78, 5) is 23.8. The number of halogens is 2. The van der Waals surface area contributed by atoms with Gasteiger partial charge >= 0.3 is 0 Å². The highest BCUT2D eigenvalue weighted by molar-refractivity contribution is 6.31. The Morgan fingerprint density at radius 1 is 1.19 bits per heavy atom. The third-order valence-corrected chi connectivity index (χ3v) is 5.53. The van der Waals surface area contributed by atoms with E-state index < -0.39 is 0 Å². The topological polar surface area (TPSA) is 67.3 Å². The lowest BCUT2D eigenvalue weighted by molar-refractivity contribution is -0.120. The molecule has 1 aliphatic rings. The van der Waals surface area contributed by atoms with Gasteiger partial charge in [0.25, 0.3) is 0 Å². The number of amides is 1. The van der Waals surface area contributed by atoms with Gasteiger partial charge in [0.15, 0.2) is 0 Å². The number of hydrogen-bond donors (Lipinski definition) is 1. The molecule has 0 saturated carbocycles. The van der Waals surface area contributed by atoms with Crippen LogP contribution >= 0.6 is 11.6 Å². The maximum Gasteiger partial charge on any atom is 0.229 e. The number of methoxy groups -OCH3 is 1. The highest BCUT2D eigenvalue weighted by Gasteiger charge is 2.27. The van der Waals surface area contributed by atoms with Crippen molar-refractivity contribution >= 4 is 29.1 Å². The van der Waals surface area contributed by atoms with E-state index in [0.717, 1.165) is 30.5 Å². The van der Waals surface area contributed by atoms with Crippen LogP contribution in [0, 0.1) is 11.7 Å². The van der Waals surface area contributed by atoms with Gasteiger partial charge in [-0.15, -0.1) is 0 Å². The zero-order chi connectivity index (χ0) is 21.8. The number of rotatable bonds is 5. The Kier molecular flexibility index (Phi) is 6.32. The summed E-state index contributed by atoms with van der Waals surface area (Å²) >= 11 is 6.06. The number of ether oxygens (including phenoxy) is 1. The zero-order valence-corrected chi connectivity index (χ0v) is 17.8. The normalized spacial score (nSPS) is 16.1. The molecule has 1 aromatic heterocycles. The predicted molar refractivity (Wildman–Crippen MR) is 119 cm³/mol. The van der Waals surface area contributed by atoms with Gasteiger partial charge < -0.3 is 15.0 Å². The van der Waals surface area contributed by atoms with Crippen LogP contribution in [0.15, 0.2) is 54.9 Å². The van der Waals surface area contributed by atoms with Crippen molar-refractivity contribution in [1.82, 2.24) is 9.97 Å². The van der Waals surface area contributed by atoms with Crippen LogP contribution in [0.1, 0.15) is 12.8 Å². The third kappa shape index (κ3) is 4.94. The number of carbonyl (C=O) groups excluding carboxylic acids is 1. The predicted octanol–water partition coefficient (Wildman–Crippen LogP) is 4.80. The fourth-order valence-corrected chi connectivity index (χ4v) is 3.86. The van der Waals surface area contributed by atoms with E-state index in [-0.39, 0.29) is 17.6 Å². The van der Waals surface area contributed by atoms with Crippen molar-refractivity contribution in [2.75, 3.05) is 30.4 Å².